The number of hydrogen-bond acceptors (Lipinski definition) is 2. The van der Waals surface area contributed by atoms with Crippen molar-refractivity contribution < 1.29 is 4.92 Å². The van der Waals surface area contributed by atoms with Crippen molar-refractivity contribution in [2.24, 2.45) is 0 Å². The molecule has 0 heterocycles. The van der Waals surface area contributed by atoms with Gasteiger partial charge in [-0.2, -0.15) is 0 Å². The van der Waals surface area contributed by atoms with Crippen LogP contribution in [0, 0.1) is 10.1 Å². The third-order valence-corrected chi connectivity index (χ3v) is 13.9. The van der Waals surface area contributed by atoms with Gasteiger partial charge in [-0.15, -0.1) is 0 Å². The Morgan fingerprint density at radius 2 is 0.821 bits per heavy atom. The Bertz CT molecular complexity index is 969. The quantitative estimate of drug-likeness (QED) is 0.279. The van der Waals surface area contributed by atoms with E-state index in [1.165, 1.54) is 13.1 Å². The number of nitro benzene ring substituents is 1. The molecule has 4 aromatic carbocycles. The summed E-state index contributed by atoms with van der Waals surface area (Å²) in [4.78, 5) is 10.8. The molecule has 0 amide bonds. The zero-order valence-electron chi connectivity index (χ0n) is 15.2. The average Bonchev–Trinajstić information content (AvgIpc) is 2.77. The Labute approximate surface area is 166 Å². The summed E-state index contributed by atoms with van der Waals surface area (Å²) >= 11 is -3.06. The third kappa shape index (κ3) is 3.15. The van der Waals surface area contributed by atoms with E-state index >= 15 is 0 Å². The summed E-state index contributed by atoms with van der Waals surface area (Å²) in [6.45, 7) is 0. The first-order chi connectivity index (χ1) is 13.7. The maximum atomic E-state index is 11.2. The Morgan fingerprint density at radius 1 is 0.500 bits per heavy atom. The first-order valence-corrected chi connectivity index (χ1v) is 12.8. The van der Waals surface area contributed by atoms with E-state index in [9.17, 15) is 10.1 Å². The van der Waals surface area contributed by atoms with E-state index in [1.54, 1.807) is 12.1 Å². The van der Waals surface area contributed by atoms with Crippen molar-refractivity contribution in [3.8, 4) is 0 Å². The van der Waals surface area contributed by atoms with Crippen molar-refractivity contribution in [1.82, 2.24) is 0 Å². The van der Waals surface area contributed by atoms with Crippen LogP contribution in [0.5, 0.6) is 0 Å². The summed E-state index contributed by atoms with van der Waals surface area (Å²) in [5.74, 6) is 0. The van der Waals surface area contributed by atoms with Crippen LogP contribution in [0.15, 0.2) is 115 Å². The van der Waals surface area contributed by atoms with Gasteiger partial charge in [0.1, 0.15) is 0 Å². The monoisotopic (exact) mass is 428 g/mol. The van der Waals surface area contributed by atoms with E-state index in [4.69, 9.17) is 0 Å². The van der Waals surface area contributed by atoms with Gasteiger partial charge in [-0.25, -0.2) is 0 Å². The molecule has 4 aromatic rings. The number of rotatable bonds is 5. The summed E-state index contributed by atoms with van der Waals surface area (Å²) in [5, 5.41) is 11.2. The number of nitrogens with zero attached hydrogens (tertiary/aromatic N) is 1. The van der Waals surface area contributed by atoms with Crippen LogP contribution in [-0.2, 0) is 0 Å². The molecule has 4 rings (SSSR count). The fourth-order valence-corrected chi connectivity index (χ4v) is 12.5. The van der Waals surface area contributed by atoms with Crippen LogP contribution in [0.3, 0.4) is 0 Å². The van der Waals surface area contributed by atoms with Crippen LogP contribution in [0.2, 0.25) is 0 Å². The summed E-state index contributed by atoms with van der Waals surface area (Å²) in [6, 6.07) is 38.8. The molecule has 1 radical (unpaired) electrons. The van der Waals surface area contributed by atoms with Gasteiger partial charge in [-0.3, -0.25) is 0 Å². The fraction of sp³-hybridized carbons (Fsp3) is 0. The standard InChI is InChI=1S/C24H19AsNO2/c27-26(28)24-18-16-23(17-19-24)25(20-10-4-1-5-11-20,21-12-6-2-7-13-21)22-14-8-3-9-15-22/h1-19H. The molecule has 0 atom stereocenters. The molecule has 0 aliphatic carbocycles. The summed E-state index contributed by atoms with van der Waals surface area (Å²) in [6.07, 6.45) is 0. The van der Waals surface area contributed by atoms with Crippen LogP contribution in [0.25, 0.3) is 0 Å². The normalized spacial score (nSPS) is 11.1. The van der Waals surface area contributed by atoms with Crippen molar-refractivity contribution in [2.45, 2.75) is 0 Å². The molecule has 0 fully saturated rings. The maximum absolute atomic E-state index is 11.2. The van der Waals surface area contributed by atoms with Crippen LogP contribution < -0.4 is 17.4 Å². The van der Waals surface area contributed by atoms with Gasteiger partial charge in [0.05, 0.1) is 0 Å². The summed E-state index contributed by atoms with van der Waals surface area (Å²) < 4.78 is 5.01. The van der Waals surface area contributed by atoms with Gasteiger partial charge >= 0.3 is 167 Å². The molecule has 0 aliphatic heterocycles. The summed E-state index contributed by atoms with van der Waals surface area (Å²) in [7, 11) is 0. The molecule has 0 aromatic heterocycles. The molecule has 0 saturated carbocycles. The Hall–Kier alpha value is -3.16. The average molecular weight is 428 g/mol. The molecule has 0 bridgehead atoms. The van der Waals surface area contributed by atoms with Gasteiger partial charge in [0.25, 0.3) is 0 Å². The van der Waals surface area contributed by atoms with E-state index in [1.807, 2.05) is 30.3 Å². The first kappa shape index (κ1) is 18.2. The van der Waals surface area contributed by atoms with Gasteiger partial charge < -0.3 is 0 Å². The first-order valence-electron chi connectivity index (χ1n) is 9.04. The second-order valence-electron chi connectivity index (χ2n) is 6.45. The zero-order chi connectivity index (χ0) is 19.4. The molecule has 0 aliphatic rings. The van der Waals surface area contributed by atoms with Crippen LogP contribution in [0.1, 0.15) is 0 Å². The zero-order valence-corrected chi connectivity index (χ0v) is 17.1. The molecule has 0 N–H and O–H groups in total. The van der Waals surface area contributed by atoms with Gasteiger partial charge in [-0.05, 0) is 0 Å². The fourth-order valence-electron chi connectivity index (χ4n) is 3.65. The van der Waals surface area contributed by atoms with Crippen molar-refractivity contribution in [3.05, 3.63) is 125 Å². The number of non-ortho nitro benzene ring substituents is 1. The minimum atomic E-state index is -3.06. The second kappa shape index (κ2) is 7.83. The number of benzene rings is 4. The molecule has 137 valence electrons. The topological polar surface area (TPSA) is 43.1 Å². The predicted molar refractivity (Wildman–Crippen MR) is 117 cm³/mol. The Balaban J connectivity index is 2.08. The van der Waals surface area contributed by atoms with Crippen molar-refractivity contribution >= 4 is 36.6 Å². The van der Waals surface area contributed by atoms with Gasteiger partial charge in [0.15, 0.2) is 0 Å². The molecule has 3 nitrogen and oxygen atoms in total. The van der Waals surface area contributed by atoms with E-state index < -0.39 is 13.6 Å². The second-order valence-corrected chi connectivity index (χ2v) is 13.6. The Morgan fingerprint density at radius 3 is 1.14 bits per heavy atom. The van der Waals surface area contributed by atoms with E-state index in [-0.39, 0.29) is 10.6 Å². The predicted octanol–water partition coefficient (Wildman–Crippen LogP) is 2.97. The van der Waals surface area contributed by atoms with Crippen molar-refractivity contribution in [2.75, 3.05) is 0 Å². The molecular weight excluding hydrogens is 409 g/mol. The van der Waals surface area contributed by atoms with Gasteiger partial charge in [0.2, 0.25) is 0 Å². The molecule has 28 heavy (non-hydrogen) atoms. The van der Waals surface area contributed by atoms with Crippen molar-refractivity contribution in [1.29, 1.82) is 0 Å². The van der Waals surface area contributed by atoms with E-state index in [0.717, 1.165) is 4.35 Å². The van der Waals surface area contributed by atoms with Gasteiger partial charge in [0, 0.05) is 0 Å². The SMILES string of the molecule is O=[N+]([O-])c1ccc([As](c2ccccc2)(c2ccccc2)c2ccccc2)cc1. The minimum absolute atomic E-state index is 0.117. The van der Waals surface area contributed by atoms with E-state index in [2.05, 4.69) is 72.8 Å². The Kier molecular flexibility index (Phi) is 5.10. The van der Waals surface area contributed by atoms with Crippen LogP contribution >= 0.6 is 0 Å². The van der Waals surface area contributed by atoms with Crippen LogP contribution in [0.4, 0.5) is 5.69 Å². The number of hydrogen-bond donors (Lipinski definition) is 0. The van der Waals surface area contributed by atoms with Crippen molar-refractivity contribution in [3.63, 3.8) is 0 Å². The van der Waals surface area contributed by atoms with E-state index in [0.29, 0.717) is 0 Å². The molecule has 0 spiro atoms. The molecular formula is C24H19AsNO2. The molecule has 4 heteroatoms. The summed E-state index contributed by atoms with van der Waals surface area (Å²) in [5.41, 5.74) is 0.117. The molecule has 0 saturated heterocycles. The number of nitro groups is 1. The van der Waals surface area contributed by atoms with Gasteiger partial charge in [-0.1, -0.05) is 0 Å². The van der Waals surface area contributed by atoms with Crippen LogP contribution in [-0.4, -0.2) is 18.5 Å². The molecule has 0 unspecified atom stereocenters. The third-order valence-electron chi connectivity index (χ3n) is 4.88.